The summed E-state index contributed by atoms with van der Waals surface area (Å²) in [6.07, 6.45) is 5.35. The van der Waals surface area contributed by atoms with E-state index in [0.29, 0.717) is 18.6 Å². The van der Waals surface area contributed by atoms with Crippen LogP contribution in [0.3, 0.4) is 0 Å². The molecule has 0 fully saturated rings. The van der Waals surface area contributed by atoms with Crippen LogP contribution in [0.4, 0.5) is 0 Å². The van der Waals surface area contributed by atoms with Crippen LogP contribution in [0, 0.1) is 0 Å². The molecule has 2 heterocycles. The molecule has 0 atom stereocenters. The number of carbonyl (C=O) groups is 1. The predicted octanol–water partition coefficient (Wildman–Crippen LogP) is 0.350. The summed E-state index contributed by atoms with van der Waals surface area (Å²) in [7, 11) is 0. The molecular weight excluding hydrogens is 232 g/mol. The first-order chi connectivity index (χ1) is 7.22. The Hall–Kier alpha value is -1.66. The SMILES string of the molecule is Cl.NCCc1cnc2c(C(=O)O)cnn2c1. The van der Waals surface area contributed by atoms with Gasteiger partial charge in [0.2, 0.25) is 0 Å². The van der Waals surface area contributed by atoms with Crippen molar-refractivity contribution in [3.63, 3.8) is 0 Å². The first kappa shape index (κ1) is 12.4. The minimum Gasteiger partial charge on any atom is -0.477 e. The molecular formula is C9H11ClN4O2. The highest BCUT2D eigenvalue weighted by Crippen LogP contribution is 2.08. The standard InChI is InChI=1S/C9H10N4O2.ClH/c10-2-1-6-3-11-8-7(9(14)15)4-12-13(8)5-6;/h3-5H,1-2,10H2,(H,14,15);1H. The van der Waals surface area contributed by atoms with Crippen LogP contribution >= 0.6 is 12.4 Å². The van der Waals surface area contributed by atoms with Crippen molar-refractivity contribution in [1.29, 1.82) is 0 Å². The zero-order valence-corrected chi connectivity index (χ0v) is 9.15. The van der Waals surface area contributed by atoms with Crippen LogP contribution in [0.15, 0.2) is 18.6 Å². The Morgan fingerprint density at radius 2 is 2.25 bits per heavy atom. The Morgan fingerprint density at radius 3 is 2.88 bits per heavy atom. The molecule has 16 heavy (non-hydrogen) atoms. The number of aromatic nitrogens is 3. The Labute approximate surface area is 97.5 Å². The number of hydrogen-bond donors (Lipinski definition) is 2. The number of hydrogen-bond acceptors (Lipinski definition) is 4. The fraction of sp³-hybridized carbons (Fsp3) is 0.222. The molecule has 6 nitrogen and oxygen atoms in total. The van der Waals surface area contributed by atoms with Gasteiger partial charge in [-0.2, -0.15) is 5.10 Å². The maximum Gasteiger partial charge on any atom is 0.341 e. The van der Waals surface area contributed by atoms with Crippen LogP contribution in [0.2, 0.25) is 0 Å². The molecule has 86 valence electrons. The van der Waals surface area contributed by atoms with Crippen LogP contribution < -0.4 is 5.73 Å². The van der Waals surface area contributed by atoms with E-state index in [1.807, 2.05) is 0 Å². The lowest BCUT2D eigenvalue weighted by Gasteiger charge is -1.99. The molecule has 0 bridgehead atoms. The minimum absolute atomic E-state index is 0. The van der Waals surface area contributed by atoms with E-state index < -0.39 is 5.97 Å². The van der Waals surface area contributed by atoms with E-state index in [1.54, 1.807) is 12.4 Å². The van der Waals surface area contributed by atoms with Gasteiger partial charge in [0, 0.05) is 12.4 Å². The molecule has 0 aliphatic heterocycles. The summed E-state index contributed by atoms with van der Waals surface area (Å²) in [4.78, 5) is 14.8. The van der Waals surface area contributed by atoms with Crippen molar-refractivity contribution in [1.82, 2.24) is 14.6 Å². The van der Waals surface area contributed by atoms with Gasteiger partial charge in [0.15, 0.2) is 5.65 Å². The van der Waals surface area contributed by atoms with E-state index in [-0.39, 0.29) is 18.0 Å². The molecule has 2 aromatic rings. The topological polar surface area (TPSA) is 93.5 Å². The largest absolute Gasteiger partial charge is 0.477 e. The predicted molar refractivity (Wildman–Crippen MR) is 60.0 cm³/mol. The molecule has 7 heteroatoms. The molecule has 0 aliphatic rings. The van der Waals surface area contributed by atoms with Crippen molar-refractivity contribution in [3.05, 3.63) is 29.7 Å². The average Bonchev–Trinajstić information content (AvgIpc) is 2.61. The molecule has 0 aliphatic carbocycles. The number of aromatic carboxylic acids is 1. The van der Waals surface area contributed by atoms with Crippen molar-refractivity contribution in [2.75, 3.05) is 6.54 Å². The van der Waals surface area contributed by atoms with Gasteiger partial charge in [-0.1, -0.05) is 0 Å². The zero-order valence-electron chi connectivity index (χ0n) is 8.33. The Kier molecular flexibility index (Phi) is 3.81. The molecule has 2 aromatic heterocycles. The number of carboxylic acids is 1. The quantitative estimate of drug-likeness (QED) is 0.810. The molecule has 0 unspecified atom stereocenters. The van der Waals surface area contributed by atoms with Gasteiger partial charge in [-0.25, -0.2) is 14.3 Å². The molecule has 0 saturated carbocycles. The van der Waals surface area contributed by atoms with Crippen molar-refractivity contribution in [3.8, 4) is 0 Å². The molecule has 0 spiro atoms. The van der Waals surface area contributed by atoms with Gasteiger partial charge in [0.05, 0.1) is 6.20 Å². The van der Waals surface area contributed by atoms with Gasteiger partial charge in [-0.3, -0.25) is 0 Å². The van der Waals surface area contributed by atoms with Crippen molar-refractivity contribution in [2.24, 2.45) is 5.73 Å². The second-order valence-electron chi connectivity index (χ2n) is 3.13. The summed E-state index contributed by atoms with van der Waals surface area (Å²) in [5, 5.41) is 12.7. The first-order valence-electron chi connectivity index (χ1n) is 4.48. The highest BCUT2D eigenvalue weighted by atomic mass is 35.5. The van der Waals surface area contributed by atoms with Crippen LogP contribution in [-0.2, 0) is 6.42 Å². The molecule has 0 radical (unpaired) electrons. The third-order valence-electron chi connectivity index (χ3n) is 2.07. The van der Waals surface area contributed by atoms with Crippen LogP contribution in [0.5, 0.6) is 0 Å². The fourth-order valence-electron chi connectivity index (χ4n) is 1.36. The molecule has 3 N–H and O–H groups in total. The fourth-order valence-corrected chi connectivity index (χ4v) is 1.36. The monoisotopic (exact) mass is 242 g/mol. The Bertz CT molecular complexity index is 511. The zero-order chi connectivity index (χ0) is 10.8. The average molecular weight is 243 g/mol. The number of carboxylic acid groups (broad SMARTS) is 1. The van der Waals surface area contributed by atoms with Gasteiger partial charge in [-0.15, -0.1) is 12.4 Å². The normalized spacial score (nSPS) is 10.1. The molecule has 2 rings (SSSR count). The van der Waals surface area contributed by atoms with E-state index in [4.69, 9.17) is 10.8 Å². The van der Waals surface area contributed by atoms with Crippen molar-refractivity contribution in [2.45, 2.75) is 6.42 Å². The van der Waals surface area contributed by atoms with E-state index in [0.717, 1.165) is 5.56 Å². The molecule has 0 saturated heterocycles. The van der Waals surface area contributed by atoms with Gasteiger partial charge < -0.3 is 10.8 Å². The first-order valence-corrected chi connectivity index (χ1v) is 4.48. The number of fused-ring (bicyclic) bond motifs is 1. The highest BCUT2D eigenvalue weighted by Gasteiger charge is 2.12. The summed E-state index contributed by atoms with van der Waals surface area (Å²) in [5.74, 6) is -1.02. The van der Waals surface area contributed by atoms with E-state index in [2.05, 4.69) is 10.1 Å². The smallest absolute Gasteiger partial charge is 0.341 e. The summed E-state index contributed by atoms with van der Waals surface area (Å²) >= 11 is 0. The number of nitrogens with zero attached hydrogens (tertiary/aromatic N) is 3. The minimum atomic E-state index is -1.02. The van der Waals surface area contributed by atoms with Crippen LogP contribution in [-0.4, -0.2) is 32.2 Å². The second-order valence-corrected chi connectivity index (χ2v) is 3.13. The molecule has 0 amide bonds. The van der Waals surface area contributed by atoms with Crippen LogP contribution in [0.1, 0.15) is 15.9 Å². The number of halogens is 1. The lowest BCUT2D eigenvalue weighted by molar-refractivity contribution is 0.0699. The summed E-state index contributed by atoms with van der Waals surface area (Å²) in [6.45, 7) is 0.528. The van der Waals surface area contributed by atoms with Crippen molar-refractivity contribution < 1.29 is 9.90 Å². The Morgan fingerprint density at radius 1 is 1.50 bits per heavy atom. The van der Waals surface area contributed by atoms with E-state index in [9.17, 15) is 4.79 Å². The maximum absolute atomic E-state index is 10.8. The Balaban J connectivity index is 0.00000128. The van der Waals surface area contributed by atoms with Gasteiger partial charge in [0.1, 0.15) is 5.56 Å². The van der Waals surface area contributed by atoms with Crippen molar-refractivity contribution >= 4 is 24.0 Å². The highest BCUT2D eigenvalue weighted by molar-refractivity contribution is 5.93. The third-order valence-corrected chi connectivity index (χ3v) is 2.07. The van der Waals surface area contributed by atoms with E-state index in [1.165, 1.54) is 10.7 Å². The second kappa shape index (κ2) is 4.91. The maximum atomic E-state index is 10.8. The summed E-state index contributed by atoms with van der Waals surface area (Å²) < 4.78 is 1.45. The van der Waals surface area contributed by atoms with E-state index >= 15 is 0 Å². The number of rotatable bonds is 3. The number of nitrogens with two attached hydrogens (primary N) is 1. The van der Waals surface area contributed by atoms with Gasteiger partial charge in [0.25, 0.3) is 0 Å². The van der Waals surface area contributed by atoms with Gasteiger partial charge >= 0.3 is 5.97 Å². The lowest BCUT2D eigenvalue weighted by Crippen LogP contribution is -2.05. The van der Waals surface area contributed by atoms with Crippen LogP contribution in [0.25, 0.3) is 5.65 Å². The van der Waals surface area contributed by atoms with Gasteiger partial charge in [-0.05, 0) is 18.5 Å². The lowest BCUT2D eigenvalue weighted by atomic mass is 10.2. The molecule has 0 aromatic carbocycles. The summed E-state index contributed by atoms with van der Waals surface area (Å²) in [5.41, 5.74) is 6.80. The third kappa shape index (κ3) is 2.12. The summed E-state index contributed by atoms with van der Waals surface area (Å²) in [6, 6.07) is 0.